The molecule has 0 heterocycles. The van der Waals surface area contributed by atoms with Crippen LogP contribution in [0.25, 0.3) is 0 Å². The molecule has 0 saturated carbocycles. The summed E-state index contributed by atoms with van der Waals surface area (Å²) in [4.78, 5) is 0. The van der Waals surface area contributed by atoms with Gasteiger partial charge in [-0.2, -0.15) is 0 Å². The van der Waals surface area contributed by atoms with E-state index in [2.05, 4.69) is 13.8 Å². The van der Waals surface area contributed by atoms with E-state index < -0.39 is 0 Å². The van der Waals surface area contributed by atoms with Gasteiger partial charge in [-0.15, -0.1) is 0 Å². The summed E-state index contributed by atoms with van der Waals surface area (Å²) in [6.07, 6.45) is 14.1. The predicted octanol–water partition coefficient (Wildman–Crippen LogP) is 5.48. The van der Waals surface area contributed by atoms with Crippen LogP contribution in [-0.4, -0.2) is 132 Å². The molecule has 0 atom stereocenters. The van der Waals surface area contributed by atoms with E-state index in [-0.39, 0.29) is 0 Å². The molecular formula is C33H68O10. The highest BCUT2D eigenvalue weighted by atomic mass is 16.6. The summed E-state index contributed by atoms with van der Waals surface area (Å²) < 4.78 is 55.1. The SMILES string of the molecule is CCCCCCCCCCOCCOCCOCCOCCOCCOCCOCCOCCOCCOCCCCC. The van der Waals surface area contributed by atoms with Crippen LogP contribution in [0.2, 0.25) is 0 Å². The van der Waals surface area contributed by atoms with Crippen molar-refractivity contribution in [3.05, 3.63) is 0 Å². The highest BCUT2D eigenvalue weighted by molar-refractivity contribution is 4.46. The van der Waals surface area contributed by atoms with Crippen molar-refractivity contribution in [3.63, 3.8) is 0 Å². The van der Waals surface area contributed by atoms with Crippen LogP contribution in [0.1, 0.15) is 84.5 Å². The minimum Gasteiger partial charge on any atom is -0.379 e. The van der Waals surface area contributed by atoms with Crippen molar-refractivity contribution in [1.82, 2.24) is 0 Å². The normalized spacial score (nSPS) is 11.6. The first-order valence-electron chi connectivity index (χ1n) is 17.2. The second-order valence-corrected chi connectivity index (χ2v) is 10.3. The Bertz CT molecular complexity index is 433. The lowest BCUT2D eigenvalue weighted by molar-refractivity contribution is -0.0264. The molecule has 0 spiro atoms. The van der Waals surface area contributed by atoms with E-state index in [1.165, 1.54) is 57.8 Å². The van der Waals surface area contributed by atoms with E-state index in [4.69, 9.17) is 47.4 Å². The lowest BCUT2D eigenvalue weighted by Crippen LogP contribution is -2.15. The van der Waals surface area contributed by atoms with Gasteiger partial charge in [-0.05, 0) is 12.8 Å². The maximum Gasteiger partial charge on any atom is 0.0701 e. The Kier molecular flexibility index (Phi) is 41.2. The zero-order valence-corrected chi connectivity index (χ0v) is 28.0. The van der Waals surface area contributed by atoms with Crippen molar-refractivity contribution >= 4 is 0 Å². The molecule has 0 amide bonds. The van der Waals surface area contributed by atoms with Gasteiger partial charge in [-0.25, -0.2) is 0 Å². The van der Waals surface area contributed by atoms with Crippen molar-refractivity contribution in [2.75, 3.05) is 132 Å². The highest BCUT2D eigenvalue weighted by Crippen LogP contribution is 2.08. The van der Waals surface area contributed by atoms with E-state index in [1.54, 1.807) is 0 Å². The van der Waals surface area contributed by atoms with E-state index in [0.29, 0.717) is 119 Å². The lowest BCUT2D eigenvalue weighted by atomic mass is 10.1. The van der Waals surface area contributed by atoms with E-state index in [0.717, 1.165) is 26.1 Å². The third-order valence-electron chi connectivity index (χ3n) is 6.38. The minimum atomic E-state index is 0.535. The predicted molar refractivity (Wildman–Crippen MR) is 170 cm³/mol. The van der Waals surface area contributed by atoms with Gasteiger partial charge in [0, 0.05) is 13.2 Å². The first kappa shape index (κ1) is 42.6. The van der Waals surface area contributed by atoms with Crippen LogP contribution in [0.15, 0.2) is 0 Å². The fourth-order valence-corrected chi connectivity index (χ4v) is 3.87. The molecular weight excluding hydrogens is 556 g/mol. The van der Waals surface area contributed by atoms with Crippen LogP contribution in [0.4, 0.5) is 0 Å². The van der Waals surface area contributed by atoms with E-state index in [9.17, 15) is 0 Å². The quantitative estimate of drug-likeness (QED) is 0.0816. The fraction of sp³-hybridized carbons (Fsp3) is 1.00. The molecule has 0 aromatic heterocycles. The van der Waals surface area contributed by atoms with Gasteiger partial charge >= 0.3 is 0 Å². The highest BCUT2D eigenvalue weighted by Gasteiger charge is 1.97. The van der Waals surface area contributed by atoms with Gasteiger partial charge < -0.3 is 47.4 Å². The van der Waals surface area contributed by atoms with Gasteiger partial charge in [0.25, 0.3) is 0 Å². The van der Waals surface area contributed by atoms with Gasteiger partial charge in [0.05, 0.1) is 119 Å². The van der Waals surface area contributed by atoms with Gasteiger partial charge in [-0.1, -0.05) is 71.6 Å². The third-order valence-corrected chi connectivity index (χ3v) is 6.38. The van der Waals surface area contributed by atoms with Crippen molar-refractivity contribution < 1.29 is 47.4 Å². The number of rotatable bonds is 40. The van der Waals surface area contributed by atoms with Crippen molar-refractivity contribution in [2.24, 2.45) is 0 Å². The first-order chi connectivity index (χ1) is 21.4. The number of hydrogen-bond donors (Lipinski definition) is 0. The molecule has 0 radical (unpaired) electrons. The first-order valence-corrected chi connectivity index (χ1v) is 17.2. The average molecular weight is 625 g/mol. The minimum absolute atomic E-state index is 0.535. The molecule has 0 N–H and O–H groups in total. The maximum atomic E-state index is 5.62. The fourth-order valence-electron chi connectivity index (χ4n) is 3.87. The van der Waals surface area contributed by atoms with Crippen molar-refractivity contribution in [1.29, 1.82) is 0 Å². The van der Waals surface area contributed by atoms with E-state index in [1.807, 2.05) is 0 Å². The van der Waals surface area contributed by atoms with Crippen LogP contribution in [0.5, 0.6) is 0 Å². The largest absolute Gasteiger partial charge is 0.379 e. The monoisotopic (exact) mass is 624 g/mol. The summed E-state index contributed by atoms with van der Waals surface area (Å²) in [7, 11) is 0. The molecule has 10 heteroatoms. The Hall–Kier alpha value is -0.400. The second-order valence-electron chi connectivity index (χ2n) is 10.3. The Morgan fingerprint density at radius 2 is 0.349 bits per heavy atom. The standard InChI is InChI=1S/C33H68O10/c1-3-5-7-8-9-10-11-13-15-35-17-19-37-21-23-39-25-27-41-29-31-43-33-32-42-30-28-40-26-24-38-22-20-36-18-16-34-14-12-6-4-2/h3-33H2,1-2H3. The van der Waals surface area contributed by atoms with Gasteiger partial charge in [0.1, 0.15) is 0 Å². The molecule has 10 nitrogen and oxygen atoms in total. The Balaban J connectivity index is 3.02. The van der Waals surface area contributed by atoms with Crippen LogP contribution in [0, 0.1) is 0 Å². The Labute approximate surface area is 264 Å². The summed E-state index contributed by atoms with van der Waals surface area (Å²) in [5.41, 5.74) is 0. The Morgan fingerprint density at radius 1 is 0.186 bits per heavy atom. The van der Waals surface area contributed by atoms with Crippen LogP contribution in [0.3, 0.4) is 0 Å². The molecule has 0 aromatic rings. The van der Waals surface area contributed by atoms with Crippen LogP contribution in [-0.2, 0) is 47.4 Å². The second kappa shape index (κ2) is 41.6. The number of ether oxygens (including phenoxy) is 10. The van der Waals surface area contributed by atoms with Crippen LogP contribution >= 0.6 is 0 Å². The Morgan fingerprint density at radius 3 is 0.605 bits per heavy atom. The molecule has 0 fully saturated rings. The molecule has 0 unspecified atom stereocenters. The molecule has 0 aliphatic carbocycles. The smallest absolute Gasteiger partial charge is 0.0701 e. The molecule has 0 bridgehead atoms. The molecule has 0 saturated heterocycles. The summed E-state index contributed by atoms with van der Waals surface area (Å²) in [6, 6.07) is 0. The molecule has 0 aliphatic rings. The van der Waals surface area contributed by atoms with Crippen molar-refractivity contribution in [2.45, 2.75) is 84.5 Å². The van der Waals surface area contributed by atoms with Crippen LogP contribution < -0.4 is 0 Å². The summed E-state index contributed by atoms with van der Waals surface area (Å²) in [5.74, 6) is 0. The molecule has 43 heavy (non-hydrogen) atoms. The third kappa shape index (κ3) is 41.6. The van der Waals surface area contributed by atoms with Gasteiger partial charge in [0.15, 0.2) is 0 Å². The topological polar surface area (TPSA) is 92.3 Å². The number of unbranched alkanes of at least 4 members (excludes halogenated alkanes) is 9. The summed E-state index contributed by atoms with van der Waals surface area (Å²) in [6.45, 7) is 16.3. The zero-order chi connectivity index (χ0) is 31.0. The van der Waals surface area contributed by atoms with E-state index >= 15 is 0 Å². The number of hydrogen-bond acceptors (Lipinski definition) is 10. The molecule has 0 rings (SSSR count). The lowest BCUT2D eigenvalue weighted by Gasteiger charge is -2.09. The molecule has 260 valence electrons. The molecule has 0 aromatic carbocycles. The molecule has 0 aliphatic heterocycles. The summed E-state index contributed by atoms with van der Waals surface area (Å²) >= 11 is 0. The van der Waals surface area contributed by atoms with Gasteiger partial charge in [-0.3, -0.25) is 0 Å². The maximum absolute atomic E-state index is 5.62. The van der Waals surface area contributed by atoms with Gasteiger partial charge in [0.2, 0.25) is 0 Å². The van der Waals surface area contributed by atoms with Crippen molar-refractivity contribution in [3.8, 4) is 0 Å². The summed E-state index contributed by atoms with van der Waals surface area (Å²) in [5, 5.41) is 0. The average Bonchev–Trinajstić information content (AvgIpc) is 3.02. The zero-order valence-electron chi connectivity index (χ0n) is 28.0.